The molecule has 2 atom stereocenters. The van der Waals surface area contributed by atoms with Crippen LogP contribution in [-0.4, -0.2) is 41.9 Å². The lowest BCUT2D eigenvalue weighted by atomic mass is 10.1. The number of rotatable bonds is 10. The minimum atomic E-state index is -4.57. The number of carbonyl (C=O) groups is 2. The highest BCUT2D eigenvalue weighted by Gasteiger charge is 2.45. The molecule has 3 N–H and O–H groups in total. The molecule has 0 spiro atoms. The molecule has 0 radical (unpaired) electrons. The summed E-state index contributed by atoms with van der Waals surface area (Å²) >= 11 is 0. The minimum Gasteiger partial charge on any atom is -0.489 e. The Hall–Kier alpha value is -3.94. The molecule has 1 saturated heterocycles. The van der Waals surface area contributed by atoms with Crippen LogP contribution in [0.1, 0.15) is 22.3 Å². The number of hydrogen-bond donors (Lipinski definition) is 3. The van der Waals surface area contributed by atoms with Gasteiger partial charge in [-0.05, 0) is 47.4 Å². The van der Waals surface area contributed by atoms with Crippen LogP contribution in [0, 0.1) is 0 Å². The monoisotopic (exact) mass is 563 g/mol. The Balaban J connectivity index is 1.44. The van der Waals surface area contributed by atoms with Crippen molar-refractivity contribution in [1.29, 1.82) is 0 Å². The van der Waals surface area contributed by atoms with Gasteiger partial charge in [0.05, 0.1) is 5.56 Å². The fourth-order valence-electron chi connectivity index (χ4n) is 3.93. The molecule has 1 aliphatic heterocycles. The van der Waals surface area contributed by atoms with Gasteiger partial charge in [-0.25, -0.2) is 4.72 Å². The molecule has 0 aromatic heterocycles. The van der Waals surface area contributed by atoms with E-state index in [1.165, 1.54) is 0 Å². The summed E-state index contributed by atoms with van der Waals surface area (Å²) in [7, 11) is -4.36. The van der Waals surface area contributed by atoms with Crippen molar-refractivity contribution in [2.24, 2.45) is 0 Å². The Kier molecular flexibility index (Phi) is 8.23. The Morgan fingerprint density at radius 2 is 1.59 bits per heavy atom. The Labute approximate surface area is 222 Å². The quantitative estimate of drug-likeness (QED) is 0.346. The molecule has 9 nitrogen and oxygen atoms in total. The molecule has 206 valence electrons. The lowest BCUT2D eigenvalue weighted by molar-refractivity contribution is -0.140. The summed E-state index contributed by atoms with van der Waals surface area (Å²) in [6, 6.07) is 18.6. The van der Waals surface area contributed by atoms with Gasteiger partial charge < -0.3 is 9.84 Å². The van der Waals surface area contributed by atoms with Gasteiger partial charge in [0.15, 0.2) is 6.17 Å². The summed E-state index contributed by atoms with van der Waals surface area (Å²) in [4.78, 5) is 24.5. The number of carboxylic acid groups (broad SMARTS) is 1. The predicted molar refractivity (Wildman–Crippen MR) is 133 cm³/mol. The summed E-state index contributed by atoms with van der Waals surface area (Å²) in [6.07, 6.45) is -6.25. The Bertz CT molecular complexity index is 1420. The lowest BCUT2D eigenvalue weighted by Crippen LogP contribution is -2.53. The van der Waals surface area contributed by atoms with Crippen molar-refractivity contribution < 1.29 is 41.0 Å². The number of nitrogens with one attached hydrogen (secondary N) is 2. The average molecular weight is 564 g/mol. The molecular formula is C26H24F3N3O6S. The molecule has 3 aromatic carbocycles. The zero-order valence-corrected chi connectivity index (χ0v) is 21.1. The normalized spacial score (nSPS) is 17.9. The molecule has 0 bridgehead atoms. The minimum absolute atomic E-state index is 0.0910. The lowest BCUT2D eigenvalue weighted by Gasteiger charge is -2.24. The molecule has 0 saturated carbocycles. The van der Waals surface area contributed by atoms with Crippen LogP contribution < -0.4 is 14.8 Å². The van der Waals surface area contributed by atoms with Gasteiger partial charge in [-0.3, -0.25) is 14.9 Å². The summed E-state index contributed by atoms with van der Waals surface area (Å²) in [6.45, 7) is -0.115. The highest BCUT2D eigenvalue weighted by Crippen LogP contribution is 2.29. The number of ether oxygens (including phenoxy) is 1. The second kappa shape index (κ2) is 11.4. The first-order chi connectivity index (χ1) is 18.4. The Morgan fingerprint density at radius 3 is 2.18 bits per heavy atom. The Morgan fingerprint density at radius 1 is 0.974 bits per heavy atom. The summed E-state index contributed by atoms with van der Waals surface area (Å²) < 4.78 is 71.8. The highest BCUT2D eigenvalue weighted by atomic mass is 32.2. The summed E-state index contributed by atoms with van der Waals surface area (Å²) in [5, 5.41) is 12.3. The maximum Gasteiger partial charge on any atom is 0.416 e. The number of carbonyl (C=O) groups excluding carboxylic acids is 1. The van der Waals surface area contributed by atoms with Crippen molar-refractivity contribution in [2.75, 3.05) is 0 Å². The number of amides is 1. The van der Waals surface area contributed by atoms with Crippen LogP contribution in [0.25, 0.3) is 0 Å². The number of hydrogen-bond acceptors (Lipinski definition) is 6. The van der Waals surface area contributed by atoms with Crippen LogP contribution in [0.3, 0.4) is 0 Å². The first-order valence-corrected chi connectivity index (χ1v) is 13.1. The second-order valence-electron chi connectivity index (χ2n) is 8.79. The maximum absolute atomic E-state index is 12.9. The van der Waals surface area contributed by atoms with E-state index < -0.39 is 52.6 Å². The first-order valence-electron chi connectivity index (χ1n) is 11.7. The van der Waals surface area contributed by atoms with Crippen LogP contribution >= 0.6 is 0 Å². The number of carboxylic acids is 1. The second-order valence-corrected chi connectivity index (χ2v) is 10.4. The van der Waals surface area contributed by atoms with Crippen LogP contribution in [-0.2, 0) is 45.5 Å². The molecule has 39 heavy (non-hydrogen) atoms. The fourth-order valence-corrected chi connectivity index (χ4v) is 5.17. The molecule has 1 heterocycles. The van der Waals surface area contributed by atoms with Gasteiger partial charge in [-0.2, -0.15) is 25.9 Å². The third-order valence-corrected chi connectivity index (χ3v) is 7.38. The zero-order chi connectivity index (χ0) is 28.2. The number of nitrogens with zero attached hydrogens (tertiary/aromatic N) is 1. The van der Waals surface area contributed by atoms with E-state index in [4.69, 9.17) is 4.74 Å². The smallest absolute Gasteiger partial charge is 0.416 e. The summed E-state index contributed by atoms with van der Waals surface area (Å²) in [5.74, 6) is -1.77. The number of benzene rings is 3. The van der Waals surface area contributed by atoms with Crippen molar-refractivity contribution in [2.45, 2.75) is 38.0 Å². The van der Waals surface area contributed by atoms with E-state index in [-0.39, 0.29) is 12.0 Å². The molecule has 3 aromatic rings. The molecule has 1 amide bonds. The van der Waals surface area contributed by atoms with Crippen molar-refractivity contribution in [1.82, 2.24) is 14.3 Å². The van der Waals surface area contributed by atoms with E-state index in [2.05, 4.69) is 5.32 Å². The van der Waals surface area contributed by atoms with Gasteiger partial charge in [0.2, 0.25) is 0 Å². The zero-order valence-electron chi connectivity index (χ0n) is 20.3. The number of aliphatic carboxylic acids is 1. The van der Waals surface area contributed by atoms with Crippen molar-refractivity contribution >= 4 is 22.1 Å². The van der Waals surface area contributed by atoms with E-state index >= 15 is 0 Å². The molecule has 4 rings (SSSR count). The molecule has 1 aliphatic rings. The first kappa shape index (κ1) is 28.1. The largest absolute Gasteiger partial charge is 0.489 e. The van der Waals surface area contributed by atoms with Gasteiger partial charge in [0.1, 0.15) is 18.4 Å². The molecular weight excluding hydrogens is 539 g/mol. The van der Waals surface area contributed by atoms with Gasteiger partial charge in [0, 0.05) is 6.54 Å². The van der Waals surface area contributed by atoms with Crippen molar-refractivity contribution in [3.05, 3.63) is 101 Å². The van der Waals surface area contributed by atoms with Gasteiger partial charge in [-0.15, -0.1) is 0 Å². The fraction of sp³-hybridized carbons (Fsp3) is 0.231. The third-order valence-electron chi connectivity index (χ3n) is 5.96. The van der Waals surface area contributed by atoms with E-state index in [0.29, 0.717) is 22.2 Å². The van der Waals surface area contributed by atoms with Crippen LogP contribution in [0.15, 0.2) is 78.9 Å². The number of halogens is 3. The van der Waals surface area contributed by atoms with Gasteiger partial charge in [-0.1, -0.05) is 54.6 Å². The standard InChI is InChI=1S/C26H24F3N3O6S/c27-26(28,29)20-10-6-18(7-11-20)15-32-23(24(33)31-39(32,36)37)30-22(25(34)35)14-17-8-12-21(13-9-17)38-16-19-4-2-1-3-5-19/h1-13,22-23,30H,14-16H2,(H,31,33)(H,34,35)/t22-,23+/m0/s1. The maximum atomic E-state index is 12.9. The van der Waals surface area contributed by atoms with E-state index in [9.17, 15) is 36.3 Å². The van der Waals surface area contributed by atoms with Crippen LogP contribution in [0.2, 0.25) is 0 Å². The molecule has 1 fully saturated rings. The third kappa shape index (κ3) is 7.13. The van der Waals surface area contributed by atoms with E-state index in [1.54, 1.807) is 29.0 Å². The van der Waals surface area contributed by atoms with Crippen LogP contribution in [0.5, 0.6) is 5.75 Å². The van der Waals surface area contributed by atoms with E-state index in [1.807, 2.05) is 30.3 Å². The average Bonchev–Trinajstić information content (AvgIpc) is 3.10. The molecule has 0 aliphatic carbocycles. The van der Waals surface area contributed by atoms with E-state index in [0.717, 1.165) is 29.8 Å². The molecule has 13 heteroatoms. The summed E-state index contributed by atoms with van der Waals surface area (Å²) in [5.41, 5.74) is 0.814. The van der Waals surface area contributed by atoms with Gasteiger partial charge in [0.25, 0.3) is 5.91 Å². The molecule has 0 unspecified atom stereocenters. The SMILES string of the molecule is O=C(O)[C@H](Cc1ccc(OCc2ccccc2)cc1)N[C@H]1C(=O)NS(=O)(=O)N1Cc1ccc(C(F)(F)F)cc1. The van der Waals surface area contributed by atoms with Crippen molar-refractivity contribution in [3.63, 3.8) is 0 Å². The highest BCUT2D eigenvalue weighted by molar-refractivity contribution is 7.88. The van der Waals surface area contributed by atoms with Crippen molar-refractivity contribution in [3.8, 4) is 5.75 Å². The predicted octanol–water partition coefficient (Wildman–Crippen LogP) is 3.07. The topological polar surface area (TPSA) is 125 Å². The van der Waals surface area contributed by atoms with Gasteiger partial charge >= 0.3 is 22.4 Å². The number of alkyl halides is 3. The van der Waals surface area contributed by atoms with Crippen LogP contribution in [0.4, 0.5) is 13.2 Å².